The maximum Gasteiger partial charge on any atom is 0.256 e. The van der Waals surface area contributed by atoms with Crippen LogP contribution in [0.2, 0.25) is 0 Å². The quantitative estimate of drug-likeness (QED) is 0.550. The first-order valence-electron chi connectivity index (χ1n) is 10.8. The molecule has 168 valence electrons. The van der Waals surface area contributed by atoms with Crippen LogP contribution in [-0.2, 0) is 15.3 Å². The van der Waals surface area contributed by atoms with Crippen molar-refractivity contribution in [2.45, 2.75) is 55.2 Å². The number of pyridine rings is 1. The third-order valence-corrected chi connectivity index (χ3v) is 7.82. The number of hydrogen-bond donors (Lipinski definition) is 0. The van der Waals surface area contributed by atoms with Crippen LogP contribution in [0.1, 0.15) is 56.0 Å². The lowest BCUT2D eigenvalue weighted by molar-refractivity contribution is 0.0720. The molecule has 1 aliphatic rings. The van der Waals surface area contributed by atoms with Crippen LogP contribution in [0.4, 0.5) is 4.39 Å². The Morgan fingerprint density at radius 3 is 2.28 bits per heavy atom. The highest BCUT2D eigenvalue weighted by molar-refractivity contribution is 7.91. The largest absolute Gasteiger partial charge is 0.339 e. The summed E-state index contributed by atoms with van der Waals surface area (Å²) in [6.45, 7) is 7.28. The van der Waals surface area contributed by atoms with Crippen molar-refractivity contribution < 1.29 is 17.6 Å². The molecule has 1 aromatic heterocycles. The van der Waals surface area contributed by atoms with Crippen LogP contribution < -0.4 is 0 Å². The Kier molecular flexibility index (Phi) is 5.79. The predicted octanol–water partition coefficient (Wildman–Crippen LogP) is 5.13. The van der Waals surface area contributed by atoms with Gasteiger partial charge in [0.05, 0.1) is 20.9 Å². The molecule has 4 rings (SSSR count). The van der Waals surface area contributed by atoms with Gasteiger partial charge in [0.15, 0.2) is 0 Å². The number of nitrogens with zero attached hydrogens (tertiary/aromatic N) is 2. The molecule has 0 unspecified atom stereocenters. The average Bonchev–Trinajstić information content (AvgIpc) is 2.77. The molecule has 32 heavy (non-hydrogen) atoms. The van der Waals surface area contributed by atoms with Gasteiger partial charge in [0.1, 0.15) is 5.82 Å². The number of hydrogen-bond acceptors (Lipinski definition) is 4. The highest BCUT2D eigenvalue weighted by Gasteiger charge is 2.31. The number of aromatic nitrogens is 1. The number of rotatable bonds is 3. The second kappa shape index (κ2) is 8.28. The molecular weight excluding hydrogens is 427 g/mol. The number of halogens is 1. The minimum atomic E-state index is -4.11. The molecule has 0 saturated carbocycles. The van der Waals surface area contributed by atoms with E-state index in [4.69, 9.17) is 0 Å². The second-order valence-corrected chi connectivity index (χ2v) is 11.2. The van der Waals surface area contributed by atoms with Gasteiger partial charge in [0.2, 0.25) is 9.84 Å². The fourth-order valence-electron chi connectivity index (χ4n) is 4.10. The van der Waals surface area contributed by atoms with Crippen molar-refractivity contribution >= 4 is 26.6 Å². The van der Waals surface area contributed by atoms with Crippen LogP contribution in [-0.4, -0.2) is 37.3 Å². The van der Waals surface area contributed by atoms with Gasteiger partial charge in [0, 0.05) is 24.7 Å². The summed E-state index contributed by atoms with van der Waals surface area (Å²) in [5, 5.41) is 0.118. The number of benzene rings is 2. The molecule has 2 aromatic carbocycles. The van der Waals surface area contributed by atoms with E-state index in [-0.39, 0.29) is 32.1 Å². The molecule has 3 aromatic rings. The summed E-state index contributed by atoms with van der Waals surface area (Å²) >= 11 is 0. The first-order chi connectivity index (χ1) is 15.1. The van der Waals surface area contributed by atoms with Gasteiger partial charge < -0.3 is 4.90 Å². The summed E-state index contributed by atoms with van der Waals surface area (Å²) in [5.74, 6) is -0.963. The molecule has 1 fully saturated rings. The zero-order valence-electron chi connectivity index (χ0n) is 18.6. The molecule has 1 amide bonds. The van der Waals surface area contributed by atoms with E-state index >= 15 is 0 Å². The molecule has 0 aliphatic carbocycles. The smallest absolute Gasteiger partial charge is 0.256 e. The minimum absolute atomic E-state index is 0.00935. The van der Waals surface area contributed by atoms with E-state index in [1.807, 2.05) is 20.8 Å². The molecule has 1 aliphatic heterocycles. The Morgan fingerprint density at radius 1 is 1.00 bits per heavy atom. The lowest BCUT2D eigenvalue weighted by atomic mass is 9.87. The molecule has 1 saturated heterocycles. The Bertz CT molecular complexity index is 1270. The van der Waals surface area contributed by atoms with Gasteiger partial charge in [-0.25, -0.2) is 12.8 Å². The van der Waals surface area contributed by atoms with E-state index in [1.54, 1.807) is 29.2 Å². The van der Waals surface area contributed by atoms with Crippen LogP contribution in [0.5, 0.6) is 0 Å². The summed E-state index contributed by atoms with van der Waals surface area (Å²) in [6.07, 6.45) is 4.10. The lowest BCUT2D eigenvalue weighted by Gasteiger charge is -2.27. The van der Waals surface area contributed by atoms with Gasteiger partial charge in [-0.3, -0.25) is 9.78 Å². The maximum absolute atomic E-state index is 14.2. The Balaban J connectivity index is 1.92. The van der Waals surface area contributed by atoms with Gasteiger partial charge in [0.25, 0.3) is 5.91 Å². The summed E-state index contributed by atoms with van der Waals surface area (Å²) in [5.41, 5.74) is 1.17. The van der Waals surface area contributed by atoms with E-state index in [0.29, 0.717) is 18.6 Å². The van der Waals surface area contributed by atoms with E-state index in [0.717, 1.165) is 30.9 Å². The third-order valence-electron chi connectivity index (χ3n) is 5.95. The Morgan fingerprint density at radius 2 is 1.66 bits per heavy atom. The van der Waals surface area contributed by atoms with E-state index in [1.165, 1.54) is 18.3 Å². The fourth-order valence-corrected chi connectivity index (χ4v) is 5.71. The number of amides is 1. The van der Waals surface area contributed by atoms with Gasteiger partial charge in [-0.15, -0.1) is 0 Å². The van der Waals surface area contributed by atoms with Gasteiger partial charge >= 0.3 is 0 Å². The number of carbonyl (C=O) groups is 1. The number of piperidine rings is 1. The third kappa shape index (κ3) is 4.13. The summed E-state index contributed by atoms with van der Waals surface area (Å²) in [7, 11) is -4.11. The topological polar surface area (TPSA) is 67.3 Å². The zero-order valence-corrected chi connectivity index (χ0v) is 19.4. The van der Waals surface area contributed by atoms with Gasteiger partial charge in [-0.1, -0.05) is 32.9 Å². The monoisotopic (exact) mass is 454 g/mol. The van der Waals surface area contributed by atoms with Crippen molar-refractivity contribution in [1.82, 2.24) is 9.88 Å². The molecule has 0 spiro atoms. The first-order valence-corrected chi connectivity index (χ1v) is 12.3. The van der Waals surface area contributed by atoms with Crippen LogP contribution in [0.3, 0.4) is 0 Å². The van der Waals surface area contributed by atoms with Crippen LogP contribution in [0.25, 0.3) is 10.9 Å². The van der Waals surface area contributed by atoms with Crippen molar-refractivity contribution in [2.75, 3.05) is 13.1 Å². The Hall–Kier alpha value is -2.80. The molecule has 2 heterocycles. The maximum atomic E-state index is 14.2. The van der Waals surface area contributed by atoms with Crippen molar-refractivity contribution in [2.24, 2.45) is 0 Å². The van der Waals surface area contributed by atoms with Crippen molar-refractivity contribution in [1.29, 1.82) is 0 Å². The van der Waals surface area contributed by atoms with Crippen LogP contribution in [0, 0.1) is 5.82 Å². The SMILES string of the molecule is CC(C)(C)c1ccc(S(=O)(=O)c2c(C(=O)N3CCCCC3)cnc3ccc(F)cc23)cc1. The number of sulfone groups is 1. The van der Waals surface area contributed by atoms with E-state index < -0.39 is 15.7 Å². The summed E-state index contributed by atoms with van der Waals surface area (Å²) in [4.78, 5) is 19.2. The standard InChI is InChI=1S/C25H27FN2O3S/c1-25(2,3)17-7-10-19(11-8-17)32(30,31)23-20-15-18(26)9-12-22(20)27-16-21(23)24(29)28-13-5-4-6-14-28/h7-12,15-16H,4-6,13-14H2,1-3H3. The van der Waals surface area contributed by atoms with Crippen LogP contribution in [0.15, 0.2) is 58.5 Å². The van der Waals surface area contributed by atoms with Crippen molar-refractivity contribution in [3.8, 4) is 0 Å². The van der Waals surface area contributed by atoms with Gasteiger partial charge in [-0.2, -0.15) is 0 Å². The van der Waals surface area contributed by atoms with E-state index in [2.05, 4.69) is 4.98 Å². The lowest BCUT2D eigenvalue weighted by Crippen LogP contribution is -2.36. The summed E-state index contributed by atoms with van der Waals surface area (Å²) in [6, 6.07) is 10.5. The molecule has 0 bridgehead atoms. The van der Waals surface area contributed by atoms with E-state index in [9.17, 15) is 17.6 Å². The molecule has 0 radical (unpaired) electrons. The first kappa shape index (κ1) is 22.4. The van der Waals surface area contributed by atoms with Crippen molar-refractivity contribution in [3.05, 3.63) is 65.6 Å². The number of carbonyl (C=O) groups excluding carboxylic acids is 1. The normalized spacial score (nSPS) is 15.2. The van der Waals surface area contributed by atoms with Crippen molar-refractivity contribution in [3.63, 3.8) is 0 Å². The molecular formula is C25H27FN2O3S. The highest BCUT2D eigenvalue weighted by atomic mass is 32.2. The molecule has 0 atom stereocenters. The minimum Gasteiger partial charge on any atom is -0.339 e. The zero-order chi connectivity index (χ0) is 23.1. The molecule has 0 N–H and O–H groups in total. The highest BCUT2D eigenvalue weighted by Crippen LogP contribution is 2.33. The fraction of sp³-hybridized carbons (Fsp3) is 0.360. The summed E-state index contributed by atoms with van der Waals surface area (Å²) < 4.78 is 41.8. The second-order valence-electron chi connectivity index (χ2n) is 9.29. The van der Waals surface area contributed by atoms with Gasteiger partial charge in [-0.05, 0) is 60.6 Å². The molecule has 7 heteroatoms. The number of fused-ring (bicyclic) bond motifs is 1. The average molecular weight is 455 g/mol. The molecule has 5 nitrogen and oxygen atoms in total. The van der Waals surface area contributed by atoms with Crippen LogP contribution >= 0.6 is 0 Å². The predicted molar refractivity (Wildman–Crippen MR) is 122 cm³/mol. The number of likely N-dealkylation sites (tertiary alicyclic amines) is 1. The Labute approximate surface area is 188 Å².